The van der Waals surface area contributed by atoms with Crippen LogP contribution in [-0.2, 0) is 0 Å². The quantitative estimate of drug-likeness (QED) is 0.831. The molecule has 2 N–H and O–H groups in total. The van der Waals surface area contributed by atoms with Crippen molar-refractivity contribution in [1.82, 2.24) is 9.97 Å². The minimum atomic E-state index is -0.0283. The average Bonchev–Trinajstić information content (AvgIpc) is 2.36. The van der Waals surface area contributed by atoms with Crippen LogP contribution in [0.1, 0.15) is 13.8 Å². The fourth-order valence-corrected chi connectivity index (χ4v) is 2.55. The lowest BCUT2D eigenvalue weighted by atomic mass is 10.3. The van der Waals surface area contributed by atoms with Crippen molar-refractivity contribution in [3.05, 3.63) is 33.5 Å². The number of halogens is 2. The first-order valence-electron chi connectivity index (χ1n) is 5.87. The summed E-state index contributed by atoms with van der Waals surface area (Å²) in [5.41, 5.74) is 6.23. The SMILES string of the molecule is CC(C)Oc1ncnc(Oc2ccc(Br)cc2Br)c1N. The Morgan fingerprint density at radius 1 is 1.15 bits per heavy atom. The van der Waals surface area contributed by atoms with E-state index in [-0.39, 0.29) is 17.7 Å². The van der Waals surface area contributed by atoms with Crippen LogP contribution in [0.2, 0.25) is 0 Å². The van der Waals surface area contributed by atoms with Gasteiger partial charge in [-0.15, -0.1) is 0 Å². The zero-order chi connectivity index (χ0) is 14.7. The molecule has 0 bridgehead atoms. The van der Waals surface area contributed by atoms with E-state index in [2.05, 4.69) is 41.8 Å². The van der Waals surface area contributed by atoms with Crippen LogP contribution in [0.15, 0.2) is 33.5 Å². The van der Waals surface area contributed by atoms with Crippen molar-refractivity contribution in [2.24, 2.45) is 0 Å². The van der Waals surface area contributed by atoms with Gasteiger partial charge in [-0.1, -0.05) is 15.9 Å². The van der Waals surface area contributed by atoms with E-state index >= 15 is 0 Å². The number of aromatic nitrogens is 2. The maximum absolute atomic E-state index is 5.96. The van der Waals surface area contributed by atoms with Crippen molar-refractivity contribution < 1.29 is 9.47 Å². The highest BCUT2D eigenvalue weighted by Crippen LogP contribution is 2.35. The number of hydrogen-bond donors (Lipinski definition) is 1. The number of benzene rings is 1. The zero-order valence-corrected chi connectivity index (χ0v) is 14.1. The molecule has 1 heterocycles. The molecule has 0 atom stereocenters. The first kappa shape index (κ1) is 15.1. The van der Waals surface area contributed by atoms with Crippen molar-refractivity contribution in [1.29, 1.82) is 0 Å². The van der Waals surface area contributed by atoms with Gasteiger partial charge in [0.2, 0.25) is 11.8 Å². The van der Waals surface area contributed by atoms with Crippen LogP contribution >= 0.6 is 31.9 Å². The topological polar surface area (TPSA) is 70.3 Å². The molecule has 0 aliphatic heterocycles. The fraction of sp³-hybridized carbons (Fsp3) is 0.231. The molecule has 2 aromatic rings. The molecule has 7 heteroatoms. The highest BCUT2D eigenvalue weighted by molar-refractivity contribution is 9.11. The second-order valence-electron chi connectivity index (χ2n) is 4.24. The standard InChI is InChI=1S/C13H13Br2N3O2/c1-7(2)19-12-11(16)13(18-6-17-12)20-10-4-3-8(14)5-9(10)15/h3-7H,16H2,1-2H3. The zero-order valence-electron chi connectivity index (χ0n) is 10.9. The number of nitrogens with zero attached hydrogens (tertiary/aromatic N) is 2. The smallest absolute Gasteiger partial charge is 0.249 e. The molecule has 0 unspecified atom stereocenters. The lowest BCUT2D eigenvalue weighted by Gasteiger charge is -2.13. The van der Waals surface area contributed by atoms with E-state index < -0.39 is 0 Å². The van der Waals surface area contributed by atoms with Crippen molar-refractivity contribution in [3.8, 4) is 17.5 Å². The molecule has 0 fully saturated rings. The number of hydrogen-bond acceptors (Lipinski definition) is 5. The van der Waals surface area contributed by atoms with Crippen LogP contribution in [0.25, 0.3) is 0 Å². The molecule has 0 spiro atoms. The molecule has 1 aromatic carbocycles. The Morgan fingerprint density at radius 3 is 2.50 bits per heavy atom. The first-order chi connectivity index (χ1) is 9.47. The highest BCUT2D eigenvalue weighted by atomic mass is 79.9. The molecule has 0 aliphatic carbocycles. The van der Waals surface area contributed by atoms with Gasteiger partial charge in [-0.25, -0.2) is 0 Å². The normalized spacial score (nSPS) is 10.7. The van der Waals surface area contributed by atoms with Crippen LogP contribution in [0.3, 0.4) is 0 Å². The molecule has 0 saturated carbocycles. The van der Waals surface area contributed by atoms with E-state index in [9.17, 15) is 0 Å². The van der Waals surface area contributed by atoms with E-state index in [1.807, 2.05) is 26.0 Å². The fourth-order valence-electron chi connectivity index (χ4n) is 1.42. The average molecular weight is 403 g/mol. The van der Waals surface area contributed by atoms with Gasteiger partial charge in [0.15, 0.2) is 5.69 Å². The molecule has 0 amide bonds. The van der Waals surface area contributed by atoms with Crippen LogP contribution in [0.5, 0.6) is 17.5 Å². The molecule has 0 saturated heterocycles. The lowest BCUT2D eigenvalue weighted by Crippen LogP contribution is -2.10. The van der Waals surface area contributed by atoms with Crippen LogP contribution in [0.4, 0.5) is 5.69 Å². The number of rotatable bonds is 4. The van der Waals surface area contributed by atoms with Gasteiger partial charge in [-0.3, -0.25) is 0 Å². The first-order valence-corrected chi connectivity index (χ1v) is 7.46. The molecular weight excluding hydrogens is 390 g/mol. The maximum Gasteiger partial charge on any atom is 0.249 e. The van der Waals surface area contributed by atoms with E-state index in [1.54, 1.807) is 6.07 Å². The molecule has 5 nitrogen and oxygen atoms in total. The summed E-state index contributed by atoms with van der Waals surface area (Å²) < 4.78 is 12.9. The lowest BCUT2D eigenvalue weighted by molar-refractivity contribution is 0.232. The Balaban J connectivity index is 2.29. The van der Waals surface area contributed by atoms with Crippen molar-refractivity contribution >= 4 is 37.5 Å². The van der Waals surface area contributed by atoms with Gasteiger partial charge in [0.05, 0.1) is 10.6 Å². The minimum absolute atomic E-state index is 0.0283. The molecule has 2 rings (SSSR count). The number of nitrogens with two attached hydrogens (primary N) is 1. The molecule has 20 heavy (non-hydrogen) atoms. The second kappa shape index (κ2) is 6.41. The maximum atomic E-state index is 5.96. The molecule has 0 aliphatic rings. The van der Waals surface area contributed by atoms with Gasteiger partial charge >= 0.3 is 0 Å². The Morgan fingerprint density at radius 2 is 1.85 bits per heavy atom. The Hall–Kier alpha value is -1.34. The van der Waals surface area contributed by atoms with Gasteiger partial charge in [0, 0.05) is 4.47 Å². The third-order valence-corrected chi connectivity index (χ3v) is 3.37. The van der Waals surface area contributed by atoms with Crippen LogP contribution in [0, 0.1) is 0 Å². The van der Waals surface area contributed by atoms with Gasteiger partial charge in [0.1, 0.15) is 12.1 Å². The summed E-state index contributed by atoms with van der Waals surface area (Å²) in [6, 6.07) is 5.54. The van der Waals surface area contributed by atoms with Gasteiger partial charge < -0.3 is 15.2 Å². The van der Waals surface area contributed by atoms with Crippen molar-refractivity contribution in [3.63, 3.8) is 0 Å². The third-order valence-electron chi connectivity index (χ3n) is 2.26. The van der Waals surface area contributed by atoms with E-state index in [0.717, 1.165) is 8.95 Å². The summed E-state index contributed by atoms with van der Waals surface area (Å²) in [6.07, 6.45) is 1.33. The van der Waals surface area contributed by atoms with Crippen LogP contribution < -0.4 is 15.2 Å². The highest BCUT2D eigenvalue weighted by Gasteiger charge is 2.14. The monoisotopic (exact) mass is 401 g/mol. The predicted octanol–water partition coefficient (Wildman–Crippen LogP) is 4.16. The molecule has 106 valence electrons. The summed E-state index contributed by atoms with van der Waals surface area (Å²) in [5, 5.41) is 0. The van der Waals surface area contributed by atoms with Crippen molar-refractivity contribution in [2.75, 3.05) is 5.73 Å². The summed E-state index contributed by atoms with van der Waals surface area (Å²) in [5.74, 6) is 1.19. The number of anilines is 1. The van der Waals surface area contributed by atoms with Crippen LogP contribution in [-0.4, -0.2) is 16.1 Å². The van der Waals surface area contributed by atoms with Crippen molar-refractivity contribution in [2.45, 2.75) is 20.0 Å². The number of ether oxygens (including phenoxy) is 2. The summed E-state index contributed by atoms with van der Waals surface area (Å²) in [6.45, 7) is 3.79. The minimum Gasteiger partial charge on any atom is -0.473 e. The Labute approximate surface area is 133 Å². The molecular formula is C13H13Br2N3O2. The summed E-state index contributed by atoms with van der Waals surface area (Å²) in [7, 11) is 0. The Bertz CT molecular complexity index is 621. The second-order valence-corrected chi connectivity index (χ2v) is 6.01. The Kier molecular flexibility index (Phi) is 4.82. The predicted molar refractivity (Wildman–Crippen MR) is 84.1 cm³/mol. The largest absolute Gasteiger partial charge is 0.473 e. The van der Waals surface area contributed by atoms with E-state index in [0.29, 0.717) is 11.6 Å². The summed E-state index contributed by atoms with van der Waals surface area (Å²) >= 11 is 6.80. The van der Waals surface area contributed by atoms with Gasteiger partial charge in [-0.05, 0) is 48.0 Å². The number of nitrogen functional groups attached to an aromatic ring is 1. The van der Waals surface area contributed by atoms with Gasteiger partial charge in [0.25, 0.3) is 0 Å². The van der Waals surface area contributed by atoms with Gasteiger partial charge in [-0.2, -0.15) is 9.97 Å². The summed E-state index contributed by atoms with van der Waals surface area (Å²) in [4.78, 5) is 8.03. The molecule has 0 radical (unpaired) electrons. The third kappa shape index (κ3) is 3.61. The van der Waals surface area contributed by atoms with E-state index in [1.165, 1.54) is 6.33 Å². The van der Waals surface area contributed by atoms with E-state index in [4.69, 9.17) is 15.2 Å². The molecule has 1 aromatic heterocycles.